The first-order valence-corrected chi connectivity index (χ1v) is 13.1. The molecule has 1 aromatic carbocycles. The van der Waals surface area contributed by atoms with E-state index in [-0.39, 0.29) is 27.9 Å². The van der Waals surface area contributed by atoms with Gasteiger partial charge in [0.15, 0.2) is 5.84 Å². The maximum atomic E-state index is 13.5. The molecule has 3 heterocycles. The Morgan fingerprint density at radius 1 is 1.24 bits per heavy atom. The summed E-state index contributed by atoms with van der Waals surface area (Å²) in [6.45, 7) is 6.73. The van der Waals surface area contributed by atoms with Gasteiger partial charge in [0.25, 0.3) is 5.56 Å². The first kappa shape index (κ1) is 23.4. The third-order valence-corrected chi connectivity index (χ3v) is 7.70. The van der Waals surface area contributed by atoms with E-state index in [4.69, 9.17) is 0 Å². The van der Waals surface area contributed by atoms with Crippen LogP contribution in [0.3, 0.4) is 0 Å². The van der Waals surface area contributed by atoms with Gasteiger partial charge in [-0.15, -0.1) is 0 Å². The number of pyridine rings is 1. The van der Waals surface area contributed by atoms with Gasteiger partial charge in [0.05, 0.1) is 5.69 Å². The number of nitrogens with zero attached hydrogens (tertiary/aromatic N) is 2. The molecule has 3 aromatic rings. The highest BCUT2D eigenvalue weighted by atomic mass is 32.1. The second kappa shape index (κ2) is 8.57. The van der Waals surface area contributed by atoms with Crippen LogP contribution in [0.2, 0.25) is 0 Å². The second-order valence-corrected chi connectivity index (χ2v) is 11.8. The quantitative estimate of drug-likeness (QED) is 0.347. The molecule has 10 heteroatoms. The van der Waals surface area contributed by atoms with Crippen molar-refractivity contribution in [2.45, 2.75) is 33.7 Å². The standard InChI is InChI=1S/C23H27N4O4PS/c1-23(2,3)8-9-27-12-16(14-7-10-33-13-14)20(28)19(22(27)29)21-25-17-6-5-15(24-4)11-18(17)32(30,31)26-21/h5-7,10-13,24,30-31H,8-9H2,1-4H3,(H-,25,26,28,29)/p+1. The van der Waals surface area contributed by atoms with Crippen molar-refractivity contribution in [2.24, 2.45) is 10.2 Å². The molecule has 0 fully saturated rings. The fourth-order valence-electron chi connectivity index (χ4n) is 3.62. The molecule has 0 unspecified atom stereocenters. The number of rotatable bonds is 5. The summed E-state index contributed by atoms with van der Waals surface area (Å²) in [5.41, 5.74) is 1.86. The summed E-state index contributed by atoms with van der Waals surface area (Å²) in [5, 5.41) is 21.2. The maximum absolute atomic E-state index is 13.5. The number of hydrogen-bond acceptors (Lipinski definition) is 8. The number of aromatic nitrogens is 1. The predicted octanol–water partition coefficient (Wildman–Crippen LogP) is 4.01. The summed E-state index contributed by atoms with van der Waals surface area (Å²) < 4.78 is 5.69. The van der Waals surface area contributed by atoms with Crippen LogP contribution in [0, 0.1) is 5.41 Å². The summed E-state index contributed by atoms with van der Waals surface area (Å²) in [7, 11) is -2.20. The molecule has 1 aliphatic heterocycles. The Bertz CT molecular complexity index is 1280. The molecule has 1 aliphatic rings. The van der Waals surface area contributed by atoms with Crippen LogP contribution in [0.15, 0.2) is 50.8 Å². The number of aryl methyl sites for hydroxylation is 1. The maximum Gasteiger partial charge on any atom is 0.429 e. The number of aromatic hydroxyl groups is 1. The molecular weight excluding hydrogens is 459 g/mol. The lowest BCUT2D eigenvalue weighted by Crippen LogP contribution is -2.34. The molecule has 5 N–H and O–H groups in total. The fraction of sp³-hybridized carbons (Fsp3) is 0.304. The van der Waals surface area contributed by atoms with E-state index in [9.17, 15) is 19.7 Å². The van der Waals surface area contributed by atoms with Gasteiger partial charge in [0.2, 0.25) is 5.30 Å². The number of nitrogens with one attached hydrogen (secondary N) is 2. The van der Waals surface area contributed by atoms with E-state index < -0.39 is 13.4 Å². The van der Waals surface area contributed by atoms with E-state index in [0.29, 0.717) is 23.5 Å². The Morgan fingerprint density at radius 3 is 2.64 bits per heavy atom. The summed E-state index contributed by atoms with van der Waals surface area (Å²) >= 11 is 1.48. The molecule has 0 atom stereocenters. The molecule has 4 rings (SSSR count). The van der Waals surface area contributed by atoms with Gasteiger partial charge in [0, 0.05) is 37.1 Å². The number of hydrogen-bond donors (Lipinski definition) is 5. The van der Waals surface area contributed by atoms with E-state index in [1.807, 2.05) is 16.8 Å². The van der Waals surface area contributed by atoms with Crippen molar-refractivity contribution in [1.29, 1.82) is 0 Å². The van der Waals surface area contributed by atoms with Crippen molar-refractivity contribution >= 4 is 41.7 Å². The molecule has 0 saturated heterocycles. The Kier molecular flexibility index (Phi) is 6.09. The van der Waals surface area contributed by atoms with Crippen molar-refractivity contribution < 1.29 is 14.9 Å². The molecule has 0 aliphatic carbocycles. The summed E-state index contributed by atoms with van der Waals surface area (Å²) in [6, 6.07) is 6.94. The van der Waals surface area contributed by atoms with E-state index in [1.54, 1.807) is 36.0 Å². The van der Waals surface area contributed by atoms with Crippen LogP contribution in [0.5, 0.6) is 5.75 Å². The van der Waals surface area contributed by atoms with Crippen LogP contribution in [-0.2, 0) is 6.54 Å². The van der Waals surface area contributed by atoms with E-state index in [2.05, 4.69) is 36.2 Å². The van der Waals surface area contributed by atoms with Crippen LogP contribution in [-0.4, -0.2) is 32.3 Å². The molecule has 174 valence electrons. The summed E-state index contributed by atoms with van der Waals surface area (Å²) in [5.74, 6) is -0.297. The molecule has 0 bridgehead atoms. The molecule has 8 nitrogen and oxygen atoms in total. The van der Waals surface area contributed by atoms with Gasteiger partial charge in [-0.25, -0.2) is 0 Å². The van der Waals surface area contributed by atoms with Crippen molar-refractivity contribution in [3.8, 4) is 16.9 Å². The smallest absolute Gasteiger partial charge is 0.429 e. The highest BCUT2D eigenvalue weighted by molar-refractivity contribution is 7.71. The van der Waals surface area contributed by atoms with Crippen molar-refractivity contribution in [3.63, 3.8) is 0 Å². The van der Waals surface area contributed by atoms with Gasteiger partial charge in [-0.1, -0.05) is 20.8 Å². The van der Waals surface area contributed by atoms with Crippen molar-refractivity contribution in [1.82, 2.24) is 4.57 Å². The van der Waals surface area contributed by atoms with E-state index in [1.165, 1.54) is 11.3 Å². The minimum absolute atomic E-state index is 0.00147. The molecule has 0 amide bonds. The van der Waals surface area contributed by atoms with Crippen LogP contribution in [0.1, 0.15) is 32.8 Å². The first-order valence-electron chi connectivity index (χ1n) is 10.5. The minimum Gasteiger partial charge on any atom is -0.506 e. The number of benzene rings is 1. The zero-order valence-corrected chi connectivity index (χ0v) is 20.7. The van der Waals surface area contributed by atoms with E-state index >= 15 is 0 Å². The monoisotopic (exact) mass is 487 g/mol. The van der Waals surface area contributed by atoms with Crippen LogP contribution < -0.4 is 21.5 Å². The lowest BCUT2D eigenvalue weighted by Gasteiger charge is -2.23. The summed E-state index contributed by atoms with van der Waals surface area (Å²) in [6.07, 6.45) is 2.40. The van der Waals surface area contributed by atoms with Gasteiger partial charge in [-0.2, -0.15) is 21.1 Å². The van der Waals surface area contributed by atoms with Crippen LogP contribution in [0.4, 0.5) is 11.4 Å². The average molecular weight is 488 g/mol. The largest absolute Gasteiger partial charge is 0.506 e. The molecule has 0 radical (unpaired) electrons. The number of thiophene rings is 1. The van der Waals surface area contributed by atoms with Crippen LogP contribution >= 0.6 is 19.2 Å². The third-order valence-electron chi connectivity index (χ3n) is 5.53. The minimum atomic E-state index is -3.93. The van der Waals surface area contributed by atoms with Gasteiger partial charge in [0.1, 0.15) is 11.3 Å². The Balaban J connectivity index is 1.89. The predicted molar refractivity (Wildman–Crippen MR) is 137 cm³/mol. The summed E-state index contributed by atoms with van der Waals surface area (Å²) in [4.78, 5) is 35.1. The van der Waals surface area contributed by atoms with Gasteiger partial charge >= 0.3 is 7.87 Å². The Hall–Kier alpha value is -2.71. The van der Waals surface area contributed by atoms with Gasteiger partial charge in [-0.3, -0.25) is 4.79 Å². The second-order valence-electron chi connectivity index (χ2n) is 9.21. The lowest BCUT2D eigenvalue weighted by molar-refractivity contribution is 0.347. The fourth-order valence-corrected chi connectivity index (χ4v) is 5.58. The van der Waals surface area contributed by atoms with Crippen LogP contribution in [0.25, 0.3) is 11.1 Å². The SMILES string of the molecule is CNc1ccc2c(c1)[P+](O)(O)N=C(c1c(O)c(-c3ccsc3)cn(CCC(C)(C)C)c1=O)N2. The Morgan fingerprint density at radius 2 is 2.00 bits per heavy atom. The molecular formula is C23H28N4O4PS+. The zero-order chi connectivity index (χ0) is 24.0. The Labute approximate surface area is 196 Å². The van der Waals surface area contributed by atoms with Crippen molar-refractivity contribution in [2.75, 3.05) is 17.7 Å². The number of fused-ring (bicyclic) bond motifs is 1. The third kappa shape index (κ3) is 4.68. The highest BCUT2D eigenvalue weighted by Crippen LogP contribution is 2.55. The van der Waals surface area contributed by atoms with Gasteiger partial charge < -0.3 is 20.3 Å². The lowest BCUT2D eigenvalue weighted by atomic mass is 9.92. The number of anilines is 2. The number of amidine groups is 1. The van der Waals surface area contributed by atoms with Gasteiger partial charge in [-0.05, 0) is 51.1 Å². The molecule has 33 heavy (non-hydrogen) atoms. The first-order chi connectivity index (χ1) is 15.5. The average Bonchev–Trinajstić information content (AvgIpc) is 3.26. The zero-order valence-electron chi connectivity index (χ0n) is 19.0. The topological polar surface area (TPSA) is 119 Å². The molecule has 2 aromatic heterocycles. The van der Waals surface area contributed by atoms with E-state index in [0.717, 1.165) is 12.0 Å². The van der Waals surface area contributed by atoms with Crippen molar-refractivity contribution in [3.05, 3.63) is 57.1 Å². The normalized spacial score (nSPS) is 14.9. The molecule has 0 saturated carbocycles. The highest BCUT2D eigenvalue weighted by Gasteiger charge is 2.45. The molecule has 0 spiro atoms.